The van der Waals surface area contributed by atoms with E-state index in [0.29, 0.717) is 17.9 Å². The molecule has 0 saturated carbocycles. The summed E-state index contributed by atoms with van der Waals surface area (Å²) in [7, 11) is 0. The lowest BCUT2D eigenvalue weighted by Gasteiger charge is -2.43. The fourth-order valence-electron chi connectivity index (χ4n) is 3.71. The van der Waals surface area contributed by atoms with Gasteiger partial charge >= 0.3 is 6.18 Å². The second-order valence-corrected chi connectivity index (χ2v) is 8.82. The van der Waals surface area contributed by atoms with Crippen LogP contribution in [0.3, 0.4) is 0 Å². The number of hydrogen-bond donors (Lipinski definition) is 1. The van der Waals surface area contributed by atoms with Gasteiger partial charge in [0.25, 0.3) is 0 Å². The van der Waals surface area contributed by atoms with E-state index < -0.39 is 22.9 Å². The van der Waals surface area contributed by atoms with Crippen molar-refractivity contribution in [2.45, 2.75) is 57.4 Å². The molecule has 1 fully saturated rings. The smallest absolute Gasteiger partial charge is 0.416 e. The van der Waals surface area contributed by atoms with Crippen LogP contribution >= 0.6 is 0 Å². The minimum Gasteiger partial charge on any atom is -0.485 e. The molecule has 164 valence electrons. The second-order valence-electron chi connectivity index (χ2n) is 8.82. The predicted molar refractivity (Wildman–Crippen MR) is 113 cm³/mol. The van der Waals surface area contributed by atoms with Crippen LogP contribution in [0.25, 0.3) is 11.1 Å². The zero-order valence-electron chi connectivity index (χ0n) is 17.8. The van der Waals surface area contributed by atoms with Crippen LogP contribution in [0.4, 0.5) is 13.2 Å². The molecule has 1 heterocycles. The zero-order chi connectivity index (χ0) is 22.0. The zero-order valence-corrected chi connectivity index (χ0v) is 17.8. The third kappa shape index (κ3) is 5.35. The summed E-state index contributed by atoms with van der Waals surface area (Å²) in [5.41, 5.74) is -1.03. The highest BCUT2D eigenvalue weighted by molar-refractivity contribution is 5.64. The van der Waals surface area contributed by atoms with Gasteiger partial charge in [0.2, 0.25) is 0 Å². The quantitative estimate of drug-likeness (QED) is 0.643. The molecule has 0 bridgehead atoms. The maximum Gasteiger partial charge on any atom is 0.416 e. The van der Waals surface area contributed by atoms with Gasteiger partial charge in [0.15, 0.2) is 0 Å². The van der Waals surface area contributed by atoms with E-state index in [2.05, 4.69) is 4.90 Å². The van der Waals surface area contributed by atoms with Gasteiger partial charge in [-0.3, -0.25) is 0 Å². The highest BCUT2D eigenvalue weighted by atomic mass is 19.4. The Morgan fingerprint density at radius 1 is 0.833 bits per heavy atom. The van der Waals surface area contributed by atoms with Crippen molar-refractivity contribution in [3.8, 4) is 16.9 Å². The Morgan fingerprint density at radius 2 is 1.33 bits per heavy atom. The Kier molecular flexibility index (Phi) is 6.48. The van der Waals surface area contributed by atoms with Crippen LogP contribution in [0.1, 0.15) is 45.6 Å². The summed E-state index contributed by atoms with van der Waals surface area (Å²) >= 11 is 0. The normalized spacial score (nSPS) is 18.1. The first-order chi connectivity index (χ1) is 14.0. The Labute approximate surface area is 176 Å². The monoisotopic (exact) mass is 421 g/mol. The second kappa shape index (κ2) is 8.60. The predicted octanol–water partition coefficient (Wildman–Crippen LogP) is 5.77. The number of rotatable bonds is 6. The van der Waals surface area contributed by atoms with Crippen molar-refractivity contribution < 1.29 is 23.0 Å². The maximum atomic E-state index is 12.7. The lowest BCUT2D eigenvalue weighted by Crippen LogP contribution is -2.58. The van der Waals surface area contributed by atoms with Crippen LogP contribution < -0.4 is 4.74 Å². The number of halogens is 3. The highest BCUT2D eigenvalue weighted by Crippen LogP contribution is 2.33. The minimum atomic E-state index is -4.34. The highest BCUT2D eigenvalue weighted by Gasteiger charge is 2.43. The van der Waals surface area contributed by atoms with Crippen LogP contribution in [0.2, 0.25) is 0 Å². The molecule has 1 unspecified atom stereocenters. The van der Waals surface area contributed by atoms with Crippen LogP contribution in [-0.4, -0.2) is 40.8 Å². The standard InChI is InChI=1S/C24H30F3NO2/c1-22(2,23(3,29)17-28-15-5-4-6-16-28)30-21-13-9-19(10-14-21)18-7-11-20(12-8-18)24(25,26)27/h7-14,29H,4-6,15-17H2,1-3H3. The molecule has 0 spiro atoms. The first kappa shape index (κ1) is 22.6. The summed E-state index contributed by atoms with van der Waals surface area (Å²) in [6, 6.07) is 12.3. The van der Waals surface area contributed by atoms with Crippen molar-refractivity contribution >= 4 is 0 Å². The Hall–Kier alpha value is -2.05. The summed E-state index contributed by atoms with van der Waals surface area (Å²) in [5.74, 6) is 0.606. The van der Waals surface area contributed by atoms with E-state index in [0.717, 1.165) is 43.6 Å². The molecule has 1 atom stereocenters. The molecule has 0 aliphatic carbocycles. The third-order valence-corrected chi connectivity index (χ3v) is 6.05. The molecule has 3 rings (SSSR count). The summed E-state index contributed by atoms with van der Waals surface area (Å²) in [5, 5.41) is 11.1. The summed E-state index contributed by atoms with van der Waals surface area (Å²) in [6.07, 6.45) is -0.789. The van der Waals surface area contributed by atoms with Gasteiger partial charge < -0.3 is 14.7 Å². The van der Waals surface area contributed by atoms with Gasteiger partial charge in [-0.1, -0.05) is 30.7 Å². The molecule has 30 heavy (non-hydrogen) atoms. The Morgan fingerprint density at radius 3 is 1.83 bits per heavy atom. The number of aliphatic hydroxyl groups is 1. The number of piperidine rings is 1. The lowest BCUT2D eigenvalue weighted by molar-refractivity contribution is -0.137. The van der Waals surface area contributed by atoms with E-state index in [1.807, 2.05) is 26.0 Å². The van der Waals surface area contributed by atoms with Crippen molar-refractivity contribution in [2.24, 2.45) is 0 Å². The average Bonchev–Trinajstić information content (AvgIpc) is 2.68. The molecule has 1 saturated heterocycles. The van der Waals surface area contributed by atoms with E-state index >= 15 is 0 Å². The largest absolute Gasteiger partial charge is 0.485 e. The molecule has 0 aromatic heterocycles. The number of β-amino-alcohol motifs (C(OH)–C–C–N with tert-alkyl or cyclic N) is 1. The SMILES string of the molecule is CC(O)(CN1CCCCC1)C(C)(C)Oc1ccc(-c2ccc(C(F)(F)F)cc2)cc1. The van der Waals surface area contributed by atoms with E-state index in [1.54, 1.807) is 19.1 Å². The molecule has 1 N–H and O–H groups in total. The van der Waals surface area contributed by atoms with Crippen LogP contribution in [0.5, 0.6) is 5.75 Å². The molecule has 1 aliphatic rings. The average molecular weight is 422 g/mol. The molecular formula is C24H30F3NO2. The van der Waals surface area contributed by atoms with Gasteiger partial charge in [-0.15, -0.1) is 0 Å². The van der Waals surface area contributed by atoms with Crippen molar-refractivity contribution in [1.29, 1.82) is 0 Å². The number of nitrogens with zero attached hydrogens (tertiary/aromatic N) is 1. The lowest BCUT2D eigenvalue weighted by atomic mass is 9.86. The third-order valence-electron chi connectivity index (χ3n) is 6.05. The van der Waals surface area contributed by atoms with E-state index in [-0.39, 0.29) is 0 Å². The number of alkyl halides is 3. The van der Waals surface area contributed by atoms with Crippen molar-refractivity contribution in [1.82, 2.24) is 4.90 Å². The van der Waals surface area contributed by atoms with E-state index in [9.17, 15) is 18.3 Å². The minimum absolute atomic E-state index is 0.545. The van der Waals surface area contributed by atoms with Crippen molar-refractivity contribution in [3.05, 3.63) is 54.1 Å². The molecule has 0 radical (unpaired) electrons. The Balaban J connectivity index is 1.68. The molecule has 0 amide bonds. The van der Waals surface area contributed by atoms with Crippen molar-refractivity contribution in [3.63, 3.8) is 0 Å². The summed E-state index contributed by atoms with van der Waals surface area (Å²) < 4.78 is 44.3. The van der Waals surface area contributed by atoms with Gasteiger partial charge in [-0.05, 0) is 82.1 Å². The summed E-state index contributed by atoms with van der Waals surface area (Å²) in [6.45, 7) is 8.09. The topological polar surface area (TPSA) is 32.7 Å². The fourth-order valence-corrected chi connectivity index (χ4v) is 3.71. The number of benzene rings is 2. The fraction of sp³-hybridized carbons (Fsp3) is 0.500. The molecule has 2 aromatic carbocycles. The maximum absolute atomic E-state index is 12.7. The van der Waals surface area contributed by atoms with Crippen LogP contribution in [0, 0.1) is 0 Å². The van der Waals surface area contributed by atoms with E-state index in [1.165, 1.54) is 18.6 Å². The van der Waals surface area contributed by atoms with Crippen LogP contribution in [0.15, 0.2) is 48.5 Å². The summed E-state index contributed by atoms with van der Waals surface area (Å²) in [4.78, 5) is 2.28. The molecule has 3 nitrogen and oxygen atoms in total. The molecule has 1 aliphatic heterocycles. The van der Waals surface area contributed by atoms with Gasteiger partial charge in [-0.25, -0.2) is 0 Å². The number of likely N-dealkylation sites (tertiary alicyclic amines) is 1. The molecule has 2 aromatic rings. The molecular weight excluding hydrogens is 391 g/mol. The molecule has 6 heteroatoms. The first-order valence-electron chi connectivity index (χ1n) is 10.4. The van der Waals surface area contributed by atoms with Gasteiger partial charge in [0.05, 0.1) is 5.56 Å². The van der Waals surface area contributed by atoms with Gasteiger partial charge in [0, 0.05) is 6.54 Å². The number of hydrogen-bond acceptors (Lipinski definition) is 3. The number of ether oxygens (including phenoxy) is 1. The Bertz CT molecular complexity index is 821. The van der Waals surface area contributed by atoms with Gasteiger partial charge in [0.1, 0.15) is 17.0 Å². The van der Waals surface area contributed by atoms with Gasteiger partial charge in [-0.2, -0.15) is 13.2 Å². The van der Waals surface area contributed by atoms with E-state index in [4.69, 9.17) is 4.74 Å². The van der Waals surface area contributed by atoms with Crippen molar-refractivity contribution in [2.75, 3.05) is 19.6 Å². The first-order valence-corrected chi connectivity index (χ1v) is 10.4. The van der Waals surface area contributed by atoms with Crippen LogP contribution in [-0.2, 0) is 6.18 Å².